The number of aromatic nitrogens is 1. The monoisotopic (exact) mass is 499 g/mol. The standard InChI is InChI=1S/C27H37N3O6/c1-6-35-27(33)21-8-7-10-30(17-21)24(31)9-11-29(12-13-34-5)26(32)22-16-23(36-28-22)25-19(3)14-18(2)15-20(25)4/h14-16,21H,6-13,17H2,1-5H3/t21-/m0/s1. The number of hydrogen-bond donors (Lipinski definition) is 0. The molecule has 1 atom stereocenters. The zero-order chi connectivity index (χ0) is 26.2. The highest BCUT2D eigenvalue weighted by Crippen LogP contribution is 2.29. The zero-order valence-corrected chi connectivity index (χ0v) is 22.0. The summed E-state index contributed by atoms with van der Waals surface area (Å²) in [5, 5.41) is 4.04. The highest BCUT2D eigenvalue weighted by Gasteiger charge is 2.30. The van der Waals surface area contributed by atoms with Crippen LogP contribution in [0.2, 0.25) is 0 Å². The van der Waals surface area contributed by atoms with Gasteiger partial charge in [-0.1, -0.05) is 22.9 Å². The first-order chi connectivity index (χ1) is 17.2. The molecular formula is C27H37N3O6. The minimum atomic E-state index is -0.319. The van der Waals surface area contributed by atoms with Crippen LogP contribution in [-0.2, 0) is 19.1 Å². The van der Waals surface area contributed by atoms with E-state index in [4.69, 9.17) is 14.0 Å². The van der Waals surface area contributed by atoms with E-state index in [2.05, 4.69) is 17.3 Å². The van der Waals surface area contributed by atoms with Crippen molar-refractivity contribution in [2.24, 2.45) is 5.92 Å². The maximum absolute atomic E-state index is 13.3. The van der Waals surface area contributed by atoms with Crippen LogP contribution < -0.4 is 0 Å². The molecule has 1 saturated heterocycles. The van der Waals surface area contributed by atoms with Gasteiger partial charge in [-0.15, -0.1) is 0 Å². The Balaban J connectivity index is 1.68. The molecule has 0 radical (unpaired) electrons. The number of rotatable bonds is 10. The number of likely N-dealkylation sites (tertiary alicyclic amines) is 1. The van der Waals surface area contributed by atoms with E-state index < -0.39 is 0 Å². The number of aryl methyl sites for hydroxylation is 3. The lowest BCUT2D eigenvalue weighted by molar-refractivity contribution is -0.151. The van der Waals surface area contributed by atoms with E-state index in [9.17, 15) is 14.4 Å². The van der Waals surface area contributed by atoms with Crippen LogP contribution in [0.5, 0.6) is 0 Å². The summed E-state index contributed by atoms with van der Waals surface area (Å²) in [7, 11) is 1.56. The highest BCUT2D eigenvalue weighted by molar-refractivity contribution is 5.93. The van der Waals surface area contributed by atoms with Gasteiger partial charge >= 0.3 is 5.97 Å². The van der Waals surface area contributed by atoms with E-state index in [-0.39, 0.29) is 42.4 Å². The van der Waals surface area contributed by atoms with E-state index in [1.54, 1.807) is 29.9 Å². The minimum absolute atomic E-state index is 0.0917. The van der Waals surface area contributed by atoms with Gasteiger partial charge < -0.3 is 23.8 Å². The quantitative estimate of drug-likeness (QED) is 0.461. The molecule has 0 saturated carbocycles. The molecule has 2 heterocycles. The van der Waals surface area contributed by atoms with Crippen molar-refractivity contribution in [3.8, 4) is 11.3 Å². The molecule has 1 aliphatic rings. The molecule has 0 unspecified atom stereocenters. The fourth-order valence-corrected chi connectivity index (χ4v) is 4.79. The summed E-state index contributed by atoms with van der Waals surface area (Å²) in [6.07, 6.45) is 1.61. The summed E-state index contributed by atoms with van der Waals surface area (Å²) in [6, 6.07) is 5.79. The summed E-state index contributed by atoms with van der Waals surface area (Å²) >= 11 is 0. The molecule has 2 amide bonds. The summed E-state index contributed by atoms with van der Waals surface area (Å²) in [4.78, 5) is 41.6. The van der Waals surface area contributed by atoms with E-state index in [0.29, 0.717) is 38.6 Å². The molecule has 2 aromatic rings. The summed E-state index contributed by atoms with van der Waals surface area (Å²) < 4.78 is 15.9. The Morgan fingerprint density at radius 1 is 1.14 bits per heavy atom. The largest absolute Gasteiger partial charge is 0.466 e. The first-order valence-corrected chi connectivity index (χ1v) is 12.5. The van der Waals surface area contributed by atoms with Crippen molar-refractivity contribution < 1.29 is 28.4 Å². The number of nitrogens with zero attached hydrogens (tertiary/aromatic N) is 3. The van der Waals surface area contributed by atoms with Gasteiger partial charge in [0.05, 0.1) is 19.1 Å². The van der Waals surface area contributed by atoms with Gasteiger partial charge in [-0.3, -0.25) is 14.4 Å². The number of hydrogen-bond acceptors (Lipinski definition) is 7. The van der Waals surface area contributed by atoms with Crippen LogP contribution in [-0.4, -0.2) is 79.2 Å². The third kappa shape index (κ3) is 6.72. The first-order valence-electron chi connectivity index (χ1n) is 12.5. The Kier molecular flexibility index (Phi) is 9.64. The van der Waals surface area contributed by atoms with Crippen LogP contribution in [0.1, 0.15) is 53.4 Å². The fraction of sp³-hybridized carbons (Fsp3) is 0.556. The molecule has 1 aromatic heterocycles. The molecule has 9 heteroatoms. The number of carbonyl (C=O) groups is 3. The van der Waals surface area contributed by atoms with Gasteiger partial charge in [0.25, 0.3) is 5.91 Å². The zero-order valence-electron chi connectivity index (χ0n) is 22.0. The van der Waals surface area contributed by atoms with Gasteiger partial charge in [-0.05, 0) is 51.7 Å². The van der Waals surface area contributed by atoms with Gasteiger partial charge in [-0.2, -0.15) is 0 Å². The van der Waals surface area contributed by atoms with Gasteiger partial charge in [0.1, 0.15) is 0 Å². The maximum Gasteiger partial charge on any atom is 0.310 e. The Hall–Kier alpha value is -3.20. The molecule has 36 heavy (non-hydrogen) atoms. The number of amides is 2. The van der Waals surface area contributed by atoms with Crippen LogP contribution >= 0.6 is 0 Å². The molecule has 1 fully saturated rings. The summed E-state index contributed by atoms with van der Waals surface area (Å²) in [5.41, 5.74) is 4.36. The number of ether oxygens (including phenoxy) is 2. The molecular weight excluding hydrogens is 462 g/mol. The predicted molar refractivity (Wildman–Crippen MR) is 134 cm³/mol. The number of esters is 1. The Labute approximate surface area is 212 Å². The van der Waals surface area contributed by atoms with Crippen LogP contribution in [0, 0.1) is 26.7 Å². The highest BCUT2D eigenvalue weighted by atomic mass is 16.5. The normalized spacial score (nSPS) is 15.6. The lowest BCUT2D eigenvalue weighted by Crippen LogP contribution is -2.44. The maximum atomic E-state index is 13.3. The Morgan fingerprint density at radius 2 is 1.86 bits per heavy atom. The van der Waals surface area contributed by atoms with Gasteiger partial charge in [0.2, 0.25) is 5.91 Å². The number of benzene rings is 1. The van der Waals surface area contributed by atoms with Crippen molar-refractivity contribution in [1.29, 1.82) is 0 Å². The molecule has 0 spiro atoms. The summed E-state index contributed by atoms with van der Waals surface area (Å²) in [5.74, 6) is -0.426. The van der Waals surface area contributed by atoms with Crippen molar-refractivity contribution in [2.45, 2.75) is 47.0 Å². The van der Waals surface area contributed by atoms with E-state index in [1.165, 1.54) is 0 Å². The van der Waals surface area contributed by atoms with Crippen molar-refractivity contribution in [2.75, 3.05) is 46.5 Å². The van der Waals surface area contributed by atoms with Crippen molar-refractivity contribution in [1.82, 2.24) is 15.0 Å². The molecule has 0 bridgehead atoms. The van der Waals surface area contributed by atoms with Crippen LogP contribution in [0.15, 0.2) is 22.7 Å². The molecule has 1 aromatic carbocycles. The number of methoxy groups -OCH3 is 1. The molecule has 0 N–H and O–H groups in total. The molecule has 1 aliphatic heterocycles. The summed E-state index contributed by atoms with van der Waals surface area (Å²) in [6.45, 7) is 9.96. The lowest BCUT2D eigenvalue weighted by atomic mass is 9.98. The molecule has 0 aliphatic carbocycles. The topological polar surface area (TPSA) is 102 Å². The average Bonchev–Trinajstić information content (AvgIpc) is 3.33. The van der Waals surface area contributed by atoms with Crippen molar-refractivity contribution >= 4 is 17.8 Å². The molecule has 9 nitrogen and oxygen atoms in total. The van der Waals surface area contributed by atoms with Crippen molar-refractivity contribution in [3.05, 3.63) is 40.6 Å². The van der Waals surface area contributed by atoms with E-state index in [1.807, 2.05) is 20.8 Å². The van der Waals surface area contributed by atoms with Crippen LogP contribution in [0.4, 0.5) is 0 Å². The SMILES string of the molecule is CCOC(=O)[C@H]1CCCN(C(=O)CCN(CCOC)C(=O)c2cc(-c3c(C)cc(C)cc3C)on2)C1. The second-order valence-electron chi connectivity index (χ2n) is 9.32. The van der Waals surface area contributed by atoms with Crippen LogP contribution in [0.25, 0.3) is 11.3 Å². The van der Waals surface area contributed by atoms with E-state index >= 15 is 0 Å². The first kappa shape index (κ1) is 27.4. The number of piperidine rings is 1. The Bertz CT molecular complexity index is 1060. The molecule has 3 rings (SSSR count). The lowest BCUT2D eigenvalue weighted by Gasteiger charge is -2.32. The Morgan fingerprint density at radius 3 is 2.53 bits per heavy atom. The minimum Gasteiger partial charge on any atom is -0.466 e. The molecule has 196 valence electrons. The fourth-order valence-electron chi connectivity index (χ4n) is 4.79. The van der Waals surface area contributed by atoms with Gasteiger partial charge in [-0.25, -0.2) is 0 Å². The van der Waals surface area contributed by atoms with E-state index in [0.717, 1.165) is 35.1 Å². The van der Waals surface area contributed by atoms with Gasteiger partial charge in [0.15, 0.2) is 11.5 Å². The third-order valence-electron chi connectivity index (χ3n) is 6.49. The average molecular weight is 500 g/mol. The second kappa shape index (κ2) is 12.7. The smallest absolute Gasteiger partial charge is 0.310 e. The third-order valence-corrected chi connectivity index (χ3v) is 6.49. The number of carbonyl (C=O) groups excluding carboxylic acids is 3. The predicted octanol–water partition coefficient (Wildman–Crippen LogP) is 3.55. The second-order valence-corrected chi connectivity index (χ2v) is 9.32. The van der Waals surface area contributed by atoms with Crippen molar-refractivity contribution in [3.63, 3.8) is 0 Å². The van der Waals surface area contributed by atoms with Gasteiger partial charge in [0, 0.05) is 51.3 Å². The van der Waals surface area contributed by atoms with Crippen LogP contribution in [0.3, 0.4) is 0 Å².